The van der Waals surface area contributed by atoms with Gasteiger partial charge in [-0.3, -0.25) is 19.3 Å². The molecule has 0 saturated carbocycles. The third-order valence-electron chi connectivity index (χ3n) is 4.99. The second-order valence-corrected chi connectivity index (χ2v) is 7.81. The third-order valence-corrected chi connectivity index (χ3v) is 6.05. The van der Waals surface area contributed by atoms with Gasteiger partial charge >= 0.3 is 0 Å². The molecule has 3 heterocycles. The van der Waals surface area contributed by atoms with Crippen LogP contribution in [0.15, 0.2) is 30.5 Å². The summed E-state index contributed by atoms with van der Waals surface area (Å²) in [5.41, 5.74) is 1.26. The Bertz CT molecular complexity index is 980. The highest BCUT2D eigenvalue weighted by Gasteiger charge is 2.24. The molecule has 0 aliphatic carbocycles. The first-order chi connectivity index (χ1) is 14.2. The number of hydrogen-bond donors (Lipinski definition) is 0. The lowest BCUT2D eigenvalue weighted by Crippen LogP contribution is -2.43. The minimum Gasteiger partial charge on any atom is -0.497 e. The van der Waals surface area contributed by atoms with E-state index in [0.29, 0.717) is 17.4 Å². The lowest BCUT2D eigenvalue weighted by atomic mass is 10.3. The van der Waals surface area contributed by atoms with Gasteiger partial charge in [-0.15, -0.1) is 0 Å². The summed E-state index contributed by atoms with van der Waals surface area (Å²) in [4.78, 5) is 22.1. The number of fused-ring (bicyclic) bond motifs is 1. The minimum atomic E-state index is -0.128. The van der Waals surface area contributed by atoms with Crippen LogP contribution in [0, 0.1) is 0 Å². The number of carbonyl (C=O) groups is 1. The van der Waals surface area contributed by atoms with Gasteiger partial charge in [0.25, 0.3) is 5.91 Å². The van der Waals surface area contributed by atoms with E-state index in [1.165, 1.54) is 11.3 Å². The predicted octanol–water partition coefficient (Wildman–Crippen LogP) is 2.50. The van der Waals surface area contributed by atoms with Crippen molar-refractivity contribution in [3.8, 4) is 5.75 Å². The number of benzene rings is 1. The molecule has 1 fully saturated rings. The van der Waals surface area contributed by atoms with Crippen LogP contribution in [0.1, 0.15) is 17.4 Å². The molecule has 0 radical (unpaired) electrons. The molecule has 154 valence electrons. The maximum Gasteiger partial charge on any atom is 0.280 e. The number of nitrogens with zero attached hydrogens (tertiary/aromatic N) is 5. The van der Waals surface area contributed by atoms with Crippen molar-refractivity contribution in [1.29, 1.82) is 0 Å². The summed E-state index contributed by atoms with van der Waals surface area (Å²) in [7, 11) is 1.64. The van der Waals surface area contributed by atoms with Crippen molar-refractivity contribution < 1.29 is 14.3 Å². The van der Waals surface area contributed by atoms with E-state index in [4.69, 9.17) is 14.5 Å². The van der Waals surface area contributed by atoms with Gasteiger partial charge in [0.1, 0.15) is 5.75 Å². The number of aromatic nitrogens is 3. The second-order valence-electron chi connectivity index (χ2n) is 6.80. The molecule has 8 nitrogen and oxygen atoms in total. The second kappa shape index (κ2) is 8.89. The standard InChI is InChI=1S/C20H25N5O3S/c1-3-24-7-6-16(22-24)19(26)25(9-8-23-10-12-28-13-11-23)20-21-17-14-15(27-2)4-5-18(17)29-20/h4-7,14H,3,8-13H2,1-2H3. The normalized spacial score (nSPS) is 15.0. The van der Waals surface area contributed by atoms with Gasteiger partial charge in [-0.1, -0.05) is 11.3 Å². The van der Waals surface area contributed by atoms with Crippen LogP contribution in [0.5, 0.6) is 5.75 Å². The fraction of sp³-hybridized carbons (Fsp3) is 0.450. The Morgan fingerprint density at radius 1 is 1.31 bits per heavy atom. The number of carbonyl (C=O) groups excluding carboxylic acids is 1. The van der Waals surface area contributed by atoms with E-state index >= 15 is 0 Å². The highest BCUT2D eigenvalue weighted by molar-refractivity contribution is 7.22. The van der Waals surface area contributed by atoms with Crippen LogP contribution in [-0.4, -0.2) is 72.1 Å². The number of hydrogen-bond acceptors (Lipinski definition) is 7. The van der Waals surface area contributed by atoms with E-state index in [0.717, 1.165) is 55.4 Å². The molecular formula is C20H25N5O3S. The van der Waals surface area contributed by atoms with Crippen molar-refractivity contribution in [3.05, 3.63) is 36.2 Å². The topological polar surface area (TPSA) is 72.7 Å². The van der Waals surface area contributed by atoms with Gasteiger partial charge in [-0.05, 0) is 25.1 Å². The van der Waals surface area contributed by atoms with Crippen molar-refractivity contribution in [1.82, 2.24) is 19.7 Å². The van der Waals surface area contributed by atoms with Crippen molar-refractivity contribution in [2.24, 2.45) is 0 Å². The van der Waals surface area contributed by atoms with E-state index < -0.39 is 0 Å². The van der Waals surface area contributed by atoms with Crippen LogP contribution < -0.4 is 9.64 Å². The van der Waals surface area contributed by atoms with Crippen molar-refractivity contribution in [2.45, 2.75) is 13.5 Å². The maximum atomic E-state index is 13.3. The van der Waals surface area contributed by atoms with Crippen LogP contribution in [0.2, 0.25) is 0 Å². The fourth-order valence-electron chi connectivity index (χ4n) is 3.28. The zero-order chi connectivity index (χ0) is 20.2. The number of aryl methyl sites for hydroxylation is 1. The van der Waals surface area contributed by atoms with E-state index in [-0.39, 0.29) is 5.91 Å². The van der Waals surface area contributed by atoms with Gasteiger partial charge in [0, 0.05) is 45.0 Å². The average Bonchev–Trinajstić information content (AvgIpc) is 3.41. The summed E-state index contributed by atoms with van der Waals surface area (Å²) in [6.45, 7) is 7.26. The summed E-state index contributed by atoms with van der Waals surface area (Å²) in [6.07, 6.45) is 1.83. The number of thiazole rings is 1. The molecule has 1 amide bonds. The summed E-state index contributed by atoms with van der Waals surface area (Å²) >= 11 is 1.51. The first-order valence-corrected chi connectivity index (χ1v) is 10.6. The fourth-order valence-corrected chi connectivity index (χ4v) is 4.25. The lowest BCUT2D eigenvalue weighted by Gasteiger charge is -2.29. The first kappa shape index (κ1) is 19.8. The molecule has 1 saturated heterocycles. The monoisotopic (exact) mass is 415 g/mol. The summed E-state index contributed by atoms with van der Waals surface area (Å²) < 4.78 is 13.5. The third kappa shape index (κ3) is 4.42. The molecule has 1 aliphatic heterocycles. The molecule has 0 bridgehead atoms. The quantitative estimate of drug-likeness (QED) is 0.590. The van der Waals surface area contributed by atoms with Gasteiger partial charge in [-0.2, -0.15) is 5.10 Å². The Morgan fingerprint density at radius 2 is 2.14 bits per heavy atom. The highest BCUT2D eigenvalue weighted by atomic mass is 32.1. The van der Waals surface area contributed by atoms with Gasteiger partial charge in [0.2, 0.25) is 0 Å². The SMILES string of the molecule is CCn1ccc(C(=O)N(CCN2CCOCC2)c2nc3cc(OC)ccc3s2)n1. The molecular weight excluding hydrogens is 390 g/mol. The van der Waals surface area contributed by atoms with Crippen molar-refractivity contribution >= 4 is 32.6 Å². The zero-order valence-corrected chi connectivity index (χ0v) is 17.5. The first-order valence-electron chi connectivity index (χ1n) is 9.78. The number of ether oxygens (including phenoxy) is 2. The van der Waals surface area contributed by atoms with Gasteiger partial charge in [0.05, 0.1) is 30.5 Å². The zero-order valence-electron chi connectivity index (χ0n) is 16.7. The number of morpholine rings is 1. The van der Waals surface area contributed by atoms with Crippen LogP contribution in [-0.2, 0) is 11.3 Å². The lowest BCUT2D eigenvalue weighted by molar-refractivity contribution is 0.0391. The Hall–Kier alpha value is -2.49. The molecule has 0 N–H and O–H groups in total. The van der Waals surface area contributed by atoms with Gasteiger partial charge in [0.15, 0.2) is 10.8 Å². The summed E-state index contributed by atoms with van der Waals surface area (Å²) in [6, 6.07) is 7.55. The molecule has 3 aromatic rings. The van der Waals surface area contributed by atoms with Gasteiger partial charge < -0.3 is 9.47 Å². The number of rotatable bonds is 7. The predicted molar refractivity (Wildman–Crippen MR) is 113 cm³/mol. The molecule has 1 aromatic carbocycles. The van der Waals surface area contributed by atoms with Crippen molar-refractivity contribution in [3.63, 3.8) is 0 Å². The number of methoxy groups -OCH3 is 1. The van der Waals surface area contributed by atoms with Crippen LogP contribution in [0.4, 0.5) is 5.13 Å². The highest BCUT2D eigenvalue weighted by Crippen LogP contribution is 2.31. The molecule has 9 heteroatoms. The molecule has 2 aromatic heterocycles. The Balaban J connectivity index is 1.62. The Labute approximate surface area is 173 Å². The van der Waals surface area contributed by atoms with E-state index in [9.17, 15) is 4.79 Å². The maximum absolute atomic E-state index is 13.3. The van der Waals surface area contributed by atoms with E-state index in [1.54, 1.807) is 22.8 Å². The molecule has 0 unspecified atom stereocenters. The Morgan fingerprint density at radius 3 is 2.86 bits per heavy atom. The van der Waals surface area contributed by atoms with E-state index in [2.05, 4.69) is 10.00 Å². The molecule has 1 aliphatic rings. The van der Waals surface area contributed by atoms with Crippen LogP contribution >= 0.6 is 11.3 Å². The molecule has 29 heavy (non-hydrogen) atoms. The summed E-state index contributed by atoms with van der Waals surface area (Å²) in [5.74, 6) is 0.624. The number of anilines is 1. The minimum absolute atomic E-state index is 0.128. The number of amides is 1. The summed E-state index contributed by atoms with van der Waals surface area (Å²) in [5, 5.41) is 5.08. The van der Waals surface area contributed by atoms with Crippen molar-refractivity contribution in [2.75, 3.05) is 51.4 Å². The Kier molecular flexibility index (Phi) is 6.08. The molecule has 0 atom stereocenters. The van der Waals surface area contributed by atoms with Crippen LogP contribution in [0.25, 0.3) is 10.2 Å². The largest absolute Gasteiger partial charge is 0.497 e. The smallest absolute Gasteiger partial charge is 0.280 e. The van der Waals surface area contributed by atoms with Crippen LogP contribution in [0.3, 0.4) is 0 Å². The van der Waals surface area contributed by atoms with Gasteiger partial charge in [-0.25, -0.2) is 4.98 Å². The van der Waals surface area contributed by atoms with E-state index in [1.807, 2.05) is 31.3 Å². The molecule has 0 spiro atoms. The average molecular weight is 416 g/mol. The molecule has 4 rings (SSSR count).